The number of ether oxygens (including phenoxy) is 1. The Kier molecular flexibility index (Phi) is 10.00. The number of anilines is 1. The van der Waals surface area contributed by atoms with Crippen molar-refractivity contribution in [3.05, 3.63) is 59.9 Å². The Morgan fingerprint density at radius 2 is 1.87 bits per heavy atom. The van der Waals surface area contributed by atoms with E-state index in [1.165, 1.54) is 13.3 Å². The average Bonchev–Trinajstić information content (AvgIpc) is 2.77. The van der Waals surface area contributed by atoms with Crippen LogP contribution >= 0.6 is 15.9 Å². The lowest BCUT2D eigenvalue weighted by atomic mass is 10.0. The number of pyridine rings is 1. The summed E-state index contributed by atoms with van der Waals surface area (Å²) in [5.74, 6) is -0.955. The number of rotatable bonds is 11. The molecule has 0 saturated carbocycles. The van der Waals surface area contributed by atoms with Gasteiger partial charge < -0.3 is 15.4 Å². The molecule has 30 heavy (non-hydrogen) atoms. The smallest absolute Gasteiger partial charge is 0.328 e. The Labute approximate surface area is 184 Å². The number of esters is 1. The third kappa shape index (κ3) is 7.94. The molecule has 2 rings (SSSR count). The minimum atomic E-state index is -0.836. The molecule has 8 heteroatoms. The van der Waals surface area contributed by atoms with E-state index in [1.54, 1.807) is 30.5 Å². The molecular formula is C22H26BrN3O4. The molecule has 2 amide bonds. The lowest BCUT2D eigenvalue weighted by Gasteiger charge is -2.17. The van der Waals surface area contributed by atoms with Crippen LogP contribution in [0.4, 0.5) is 5.69 Å². The van der Waals surface area contributed by atoms with E-state index in [0.29, 0.717) is 17.7 Å². The molecule has 0 aliphatic rings. The first-order valence-electron chi connectivity index (χ1n) is 9.77. The lowest BCUT2D eigenvalue weighted by Crippen LogP contribution is -2.43. The minimum Gasteiger partial charge on any atom is -0.467 e. The van der Waals surface area contributed by atoms with Crippen molar-refractivity contribution in [3.8, 4) is 0 Å². The van der Waals surface area contributed by atoms with Crippen LogP contribution in [0.2, 0.25) is 0 Å². The lowest BCUT2D eigenvalue weighted by molar-refractivity contribution is -0.142. The molecule has 0 unspecified atom stereocenters. The highest BCUT2D eigenvalue weighted by atomic mass is 79.9. The van der Waals surface area contributed by atoms with Crippen molar-refractivity contribution < 1.29 is 19.1 Å². The van der Waals surface area contributed by atoms with Gasteiger partial charge in [0.15, 0.2) is 0 Å². The summed E-state index contributed by atoms with van der Waals surface area (Å²) in [6, 6.07) is 9.62. The van der Waals surface area contributed by atoms with Gasteiger partial charge in [0.2, 0.25) is 5.91 Å². The van der Waals surface area contributed by atoms with Crippen molar-refractivity contribution in [2.45, 2.75) is 38.1 Å². The van der Waals surface area contributed by atoms with Gasteiger partial charge in [-0.05, 0) is 42.7 Å². The van der Waals surface area contributed by atoms with E-state index in [9.17, 15) is 14.4 Å². The second kappa shape index (κ2) is 12.7. The van der Waals surface area contributed by atoms with Crippen LogP contribution in [-0.2, 0) is 20.7 Å². The Balaban J connectivity index is 1.93. The molecule has 1 aromatic carbocycles. The molecular weight excluding hydrogens is 450 g/mol. The van der Waals surface area contributed by atoms with Gasteiger partial charge in [0.05, 0.1) is 12.7 Å². The number of benzene rings is 1. The molecule has 0 radical (unpaired) electrons. The van der Waals surface area contributed by atoms with E-state index in [-0.39, 0.29) is 12.3 Å². The summed E-state index contributed by atoms with van der Waals surface area (Å²) in [6.45, 7) is 0. The normalized spacial score (nSPS) is 11.4. The molecule has 0 saturated heterocycles. The van der Waals surface area contributed by atoms with Crippen LogP contribution in [0.3, 0.4) is 0 Å². The first kappa shape index (κ1) is 23.5. The van der Waals surface area contributed by atoms with Crippen LogP contribution < -0.4 is 10.6 Å². The van der Waals surface area contributed by atoms with Gasteiger partial charge in [-0.2, -0.15) is 0 Å². The van der Waals surface area contributed by atoms with Gasteiger partial charge >= 0.3 is 5.97 Å². The molecule has 0 fully saturated rings. The number of methoxy groups -OCH3 is 1. The monoisotopic (exact) mass is 475 g/mol. The molecule has 2 aromatic rings. The molecule has 7 nitrogen and oxygen atoms in total. The Bertz CT molecular complexity index is 828. The van der Waals surface area contributed by atoms with Crippen LogP contribution in [0.1, 0.15) is 41.6 Å². The first-order valence-corrected chi connectivity index (χ1v) is 10.9. The van der Waals surface area contributed by atoms with Gasteiger partial charge in [0, 0.05) is 36.3 Å². The highest BCUT2D eigenvalue weighted by molar-refractivity contribution is 9.09. The van der Waals surface area contributed by atoms with E-state index in [1.807, 2.05) is 12.1 Å². The van der Waals surface area contributed by atoms with Gasteiger partial charge in [0.25, 0.3) is 5.91 Å². The number of carbonyl (C=O) groups is 3. The second-order valence-corrected chi connectivity index (χ2v) is 7.53. The summed E-state index contributed by atoms with van der Waals surface area (Å²) in [5.41, 5.74) is 1.88. The molecule has 1 aromatic heterocycles. The summed E-state index contributed by atoms with van der Waals surface area (Å²) in [4.78, 5) is 40.4. The summed E-state index contributed by atoms with van der Waals surface area (Å²) in [7, 11) is 1.28. The fourth-order valence-electron chi connectivity index (χ4n) is 2.81. The second-order valence-electron chi connectivity index (χ2n) is 6.74. The zero-order chi connectivity index (χ0) is 21.8. The van der Waals surface area contributed by atoms with Crippen molar-refractivity contribution in [2.24, 2.45) is 0 Å². The van der Waals surface area contributed by atoms with Gasteiger partial charge in [0.1, 0.15) is 6.04 Å². The predicted octanol–water partition coefficient (Wildman–Crippen LogP) is 3.49. The van der Waals surface area contributed by atoms with Crippen LogP contribution in [-0.4, -0.2) is 41.2 Å². The molecule has 0 aliphatic heterocycles. The van der Waals surface area contributed by atoms with Crippen molar-refractivity contribution in [3.63, 3.8) is 0 Å². The molecule has 1 heterocycles. The number of aromatic nitrogens is 1. The fraction of sp³-hybridized carbons (Fsp3) is 0.364. The standard InChI is InChI=1S/C22H26BrN3O4/c1-30-22(29)19(26-21(28)17-6-5-13-24-15-17)14-16-8-10-18(11-9-16)25-20(27)7-3-2-4-12-23/h5-6,8-11,13,15,19H,2-4,7,12,14H2,1H3,(H,25,27)(H,26,28)/t19-/m0/s1. The third-order valence-corrected chi connectivity index (χ3v) is 4.99. The number of hydrogen-bond acceptors (Lipinski definition) is 5. The number of unbranched alkanes of at least 4 members (excludes halogenated alkanes) is 2. The Hall–Kier alpha value is -2.74. The predicted molar refractivity (Wildman–Crippen MR) is 119 cm³/mol. The highest BCUT2D eigenvalue weighted by Crippen LogP contribution is 2.13. The maximum Gasteiger partial charge on any atom is 0.328 e. The molecule has 0 aliphatic carbocycles. The van der Waals surface area contributed by atoms with Gasteiger partial charge in [-0.15, -0.1) is 0 Å². The largest absolute Gasteiger partial charge is 0.467 e. The summed E-state index contributed by atoms with van der Waals surface area (Å²) >= 11 is 3.38. The number of hydrogen-bond donors (Lipinski definition) is 2. The van der Waals surface area contributed by atoms with Crippen LogP contribution in [0.5, 0.6) is 0 Å². The third-order valence-electron chi connectivity index (χ3n) is 4.43. The molecule has 0 bridgehead atoms. The molecule has 2 N–H and O–H groups in total. The SMILES string of the molecule is COC(=O)[C@H](Cc1ccc(NC(=O)CCCCCBr)cc1)NC(=O)c1cccnc1. The number of nitrogens with one attached hydrogen (secondary N) is 2. The van der Waals surface area contributed by atoms with E-state index in [4.69, 9.17) is 4.74 Å². The van der Waals surface area contributed by atoms with E-state index < -0.39 is 17.9 Å². The van der Waals surface area contributed by atoms with Gasteiger partial charge in [-0.25, -0.2) is 4.79 Å². The average molecular weight is 476 g/mol. The maximum atomic E-state index is 12.4. The van der Waals surface area contributed by atoms with Gasteiger partial charge in [-0.3, -0.25) is 14.6 Å². The Morgan fingerprint density at radius 1 is 1.10 bits per heavy atom. The number of nitrogens with zero attached hydrogens (tertiary/aromatic N) is 1. The Morgan fingerprint density at radius 3 is 2.50 bits per heavy atom. The van der Waals surface area contributed by atoms with Crippen molar-refractivity contribution in [1.82, 2.24) is 10.3 Å². The molecule has 0 spiro atoms. The van der Waals surface area contributed by atoms with Crippen LogP contribution in [0, 0.1) is 0 Å². The number of carbonyl (C=O) groups excluding carboxylic acids is 3. The summed E-state index contributed by atoms with van der Waals surface area (Å²) in [5, 5.41) is 6.50. The quantitative estimate of drug-likeness (QED) is 0.294. The van der Waals surface area contributed by atoms with E-state index in [2.05, 4.69) is 31.5 Å². The number of halogens is 1. The topological polar surface area (TPSA) is 97.4 Å². The number of amides is 2. The zero-order valence-electron chi connectivity index (χ0n) is 16.9. The maximum absolute atomic E-state index is 12.4. The van der Waals surface area contributed by atoms with E-state index in [0.717, 1.165) is 30.2 Å². The number of alkyl halides is 1. The molecule has 160 valence electrons. The van der Waals surface area contributed by atoms with Crippen LogP contribution in [0.25, 0.3) is 0 Å². The zero-order valence-corrected chi connectivity index (χ0v) is 18.5. The van der Waals surface area contributed by atoms with Crippen molar-refractivity contribution >= 4 is 39.4 Å². The fourth-order valence-corrected chi connectivity index (χ4v) is 3.21. The molecule has 1 atom stereocenters. The van der Waals surface area contributed by atoms with Crippen LogP contribution in [0.15, 0.2) is 48.8 Å². The van der Waals surface area contributed by atoms with E-state index >= 15 is 0 Å². The van der Waals surface area contributed by atoms with Crippen molar-refractivity contribution in [1.29, 1.82) is 0 Å². The minimum absolute atomic E-state index is 0.0199. The first-order chi connectivity index (χ1) is 14.5. The van der Waals surface area contributed by atoms with Gasteiger partial charge in [-0.1, -0.05) is 34.5 Å². The highest BCUT2D eigenvalue weighted by Gasteiger charge is 2.22. The van der Waals surface area contributed by atoms with Crippen molar-refractivity contribution in [2.75, 3.05) is 17.8 Å². The summed E-state index contributed by atoms with van der Waals surface area (Å²) in [6.07, 6.45) is 6.67. The summed E-state index contributed by atoms with van der Waals surface area (Å²) < 4.78 is 4.82.